The molecule has 0 radical (unpaired) electrons. The molecule has 132 valence electrons. The summed E-state index contributed by atoms with van der Waals surface area (Å²) in [6.45, 7) is 5.39. The van der Waals surface area contributed by atoms with Gasteiger partial charge in [-0.3, -0.25) is 0 Å². The number of aliphatic hydroxyl groups is 1. The average molecular weight is 347 g/mol. The van der Waals surface area contributed by atoms with E-state index in [1.165, 1.54) is 0 Å². The standard InChI is InChI=1S/C21H21N3O2/c1-3-24(10-11-25)20-7-4-17(5-8-20)6-9-21-13-18(12-16(2)26-21)19(14-22)15-23/h4-9,12-13,25H,3,10-11H2,1-2H3. The number of nitrogens with zero attached hydrogens (tertiary/aromatic N) is 3. The van der Waals surface area contributed by atoms with Gasteiger partial charge in [0.2, 0.25) is 0 Å². The van der Waals surface area contributed by atoms with E-state index in [1.807, 2.05) is 55.5 Å². The zero-order valence-electron chi connectivity index (χ0n) is 14.9. The minimum Gasteiger partial charge on any atom is -0.462 e. The molecular formula is C21H21N3O2. The van der Waals surface area contributed by atoms with Crippen LogP contribution in [0.3, 0.4) is 0 Å². The molecule has 0 spiro atoms. The van der Waals surface area contributed by atoms with Gasteiger partial charge >= 0.3 is 0 Å². The molecule has 0 bridgehead atoms. The van der Waals surface area contributed by atoms with E-state index in [9.17, 15) is 0 Å². The van der Waals surface area contributed by atoms with Gasteiger partial charge in [-0.2, -0.15) is 10.5 Å². The SMILES string of the molecule is CCN(CCO)c1ccc(C=CC2=CC(=C(C#N)C#N)C=C(C)O2)cc1. The Balaban J connectivity index is 2.18. The summed E-state index contributed by atoms with van der Waals surface area (Å²) in [4.78, 5) is 2.09. The summed E-state index contributed by atoms with van der Waals surface area (Å²) in [5.41, 5.74) is 2.67. The van der Waals surface area contributed by atoms with Crippen LogP contribution in [0.25, 0.3) is 6.08 Å². The minimum atomic E-state index is 0.0615. The summed E-state index contributed by atoms with van der Waals surface area (Å²) in [5.74, 6) is 1.20. The van der Waals surface area contributed by atoms with Crippen molar-refractivity contribution in [2.45, 2.75) is 13.8 Å². The number of rotatable bonds is 6. The zero-order valence-corrected chi connectivity index (χ0v) is 14.9. The normalized spacial score (nSPS) is 13.3. The number of allylic oxidation sites excluding steroid dienone is 6. The van der Waals surface area contributed by atoms with Gasteiger partial charge in [0, 0.05) is 24.4 Å². The number of likely N-dealkylation sites (N-methyl/N-ethyl adjacent to an activating group) is 1. The van der Waals surface area contributed by atoms with E-state index in [0.717, 1.165) is 17.8 Å². The number of ether oxygens (including phenoxy) is 1. The molecule has 2 rings (SSSR count). The lowest BCUT2D eigenvalue weighted by molar-refractivity contribution is 0.302. The Morgan fingerprint density at radius 3 is 2.42 bits per heavy atom. The second-order valence-corrected chi connectivity index (χ2v) is 5.69. The highest BCUT2D eigenvalue weighted by molar-refractivity contribution is 5.59. The molecule has 5 nitrogen and oxygen atoms in total. The van der Waals surface area contributed by atoms with Crippen LogP contribution in [0.2, 0.25) is 0 Å². The monoisotopic (exact) mass is 347 g/mol. The van der Waals surface area contributed by atoms with Gasteiger partial charge in [-0.15, -0.1) is 0 Å². The highest BCUT2D eigenvalue weighted by atomic mass is 16.5. The number of nitriles is 2. The highest BCUT2D eigenvalue weighted by Crippen LogP contribution is 2.23. The molecule has 1 aliphatic heterocycles. The fraction of sp³-hybridized carbons (Fsp3) is 0.238. The summed E-state index contributed by atoms with van der Waals surface area (Å²) in [6, 6.07) is 11.8. The maximum Gasteiger partial charge on any atom is 0.137 e. The van der Waals surface area contributed by atoms with Gasteiger partial charge in [0.25, 0.3) is 0 Å². The van der Waals surface area contributed by atoms with Gasteiger partial charge in [0.05, 0.1) is 6.61 Å². The van der Waals surface area contributed by atoms with Crippen molar-refractivity contribution in [3.05, 3.63) is 70.7 Å². The van der Waals surface area contributed by atoms with Crippen molar-refractivity contribution in [3.63, 3.8) is 0 Å². The number of aliphatic hydroxyl groups excluding tert-OH is 1. The van der Waals surface area contributed by atoms with Gasteiger partial charge in [0.1, 0.15) is 29.2 Å². The van der Waals surface area contributed by atoms with Crippen molar-refractivity contribution >= 4 is 11.8 Å². The van der Waals surface area contributed by atoms with Crippen LogP contribution in [0.4, 0.5) is 5.69 Å². The molecule has 1 heterocycles. The zero-order chi connectivity index (χ0) is 18.9. The van der Waals surface area contributed by atoms with Gasteiger partial charge in [-0.25, -0.2) is 0 Å². The maximum atomic E-state index is 9.11. The third-order valence-electron chi connectivity index (χ3n) is 3.90. The van der Waals surface area contributed by atoms with Crippen molar-refractivity contribution in [1.29, 1.82) is 10.5 Å². The summed E-state index contributed by atoms with van der Waals surface area (Å²) in [6.07, 6.45) is 7.07. The molecule has 0 saturated heterocycles. The van der Waals surface area contributed by atoms with E-state index in [-0.39, 0.29) is 12.2 Å². The predicted octanol–water partition coefficient (Wildman–Crippen LogP) is 3.68. The van der Waals surface area contributed by atoms with E-state index in [0.29, 0.717) is 23.6 Å². The molecule has 0 aliphatic carbocycles. The number of hydrogen-bond donors (Lipinski definition) is 1. The third kappa shape index (κ3) is 4.86. The van der Waals surface area contributed by atoms with Crippen molar-refractivity contribution in [2.75, 3.05) is 24.6 Å². The molecule has 0 atom stereocenters. The second kappa shape index (κ2) is 9.27. The van der Waals surface area contributed by atoms with Crippen molar-refractivity contribution in [2.24, 2.45) is 0 Å². The van der Waals surface area contributed by atoms with E-state index in [2.05, 4.69) is 4.90 Å². The molecule has 0 saturated carbocycles. The van der Waals surface area contributed by atoms with E-state index < -0.39 is 0 Å². The van der Waals surface area contributed by atoms with Crippen LogP contribution in [0.15, 0.2) is 65.2 Å². The molecular weight excluding hydrogens is 326 g/mol. The number of hydrogen-bond acceptors (Lipinski definition) is 5. The fourth-order valence-electron chi connectivity index (χ4n) is 2.60. The Morgan fingerprint density at radius 2 is 1.85 bits per heavy atom. The van der Waals surface area contributed by atoms with Crippen molar-refractivity contribution in [1.82, 2.24) is 0 Å². The Kier molecular flexibility index (Phi) is 6.79. The lowest BCUT2D eigenvalue weighted by Gasteiger charge is -2.21. The largest absolute Gasteiger partial charge is 0.462 e. The third-order valence-corrected chi connectivity index (χ3v) is 3.90. The Labute approximate surface area is 154 Å². The van der Waals surface area contributed by atoms with Crippen LogP contribution < -0.4 is 4.90 Å². The first-order valence-corrected chi connectivity index (χ1v) is 8.37. The Hall–Kier alpha value is -3.28. The quantitative estimate of drug-likeness (QED) is 0.794. The fourth-order valence-corrected chi connectivity index (χ4v) is 2.60. The Morgan fingerprint density at radius 1 is 1.15 bits per heavy atom. The Bertz CT molecular complexity index is 831. The van der Waals surface area contributed by atoms with E-state index in [4.69, 9.17) is 20.4 Å². The topological polar surface area (TPSA) is 80.3 Å². The summed E-state index contributed by atoms with van der Waals surface area (Å²) in [7, 11) is 0. The van der Waals surface area contributed by atoms with Crippen LogP contribution in [-0.4, -0.2) is 24.8 Å². The van der Waals surface area contributed by atoms with E-state index >= 15 is 0 Å². The molecule has 1 aromatic carbocycles. The molecule has 0 aromatic heterocycles. The van der Waals surface area contributed by atoms with Gasteiger partial charge < -0.3 is 14.7 Å². The van der Waals surface area contributed by atoms with Crippen LogP contribution in [0, 0.1) is 22.7 Å². The van der Waals surface area contributed by atoms with E-state index in [1.54, 1.807) is 19.1 Å². The second-order valence-electron chi connectivity index (χ2n) is 5.69. The lowest BCUT2D eigenvalue weighted by atomic mass is 10.1. The smallest absolute Gasteiger partial charge is 0.137 e. The predicted molar refractivity (Wildman–Crippen MR) is 102 cm³/mol. The van der Waals surface area contributed by atoms with Crippen molar-refractivity contribution < 1.29 is 9.84 Å². The molecule has 0 unspecified atom stereocenters. The average Bonchev–Trinajstić information content (AvgIpc) is 2.65. The molecule has 0 fully saturated rings. The first-order chi connectivity index (χ1) is 12.6. The van der Waals surface area contributed by atoms with Gasteiger partial charge in [-0.05, 0) is 49.8 Å². The maximum absolute atomic E-state index is 9.11. The van der Waals surface area contributed by atoms with Gasteiger partial charge in [0.15, 0.2) is 0 Å². The van der Waals surface area contributed by atoms with Crippen LogP contribution in [0.5, 0.6) is 0 Å². The molecule has 1 aliphatic rings. The van der Waals surface area contributed by atoms with Gasteiger partial charge in [-0.1, -0.05) is 18.2 Å². The van der Waals surface area contributed by atoms with Crippen LogP contribution in [-0.2, 0) is 4.74 Å². The number of benzene rings is 1. The first-order valence-electron chi connectivity index (χ1n) is 8.37. The van der Waals surface area contributed by atoms with Crippen molar-refractivity contribution in [3.8, 4) is 12.1 Å². The molecule has 26 heavy (non-hydrogen) atoms. The highest BCUT2D eigenvalue weighted by Gasteiger charge is 2.10. The first kappa shape index (κ1) is 19.1. The summed E-state index contributed by atoms with van der Waals surface area (Å²) >= 11 is 0. The molecule has 5 heteroatoms. The molecule has 1 aromatic rings. The van der Waals surface area contributed by atoms with Crippen LogP contribution in [0.1, 0.15) is 19.4 Å². The van der Waals surface area contributed by atoms with Crippen LogP contribution >= 0.6 is 0 Å². The minimum absolute atomic E-state index is 0.0615. The summed E-state index contributed by atoms with van der Waals surface area (Å²) < 4.78 is 5.64. The molecule has 1 N–H and O–H groups in total. The molecule has 0 amide bonds. The summed E-state index contributed by atoms with van der Waals surface area (Å²) in [5, 5.41) is 27.1. The number of anilines is 1. The lowest BCUT2D eigenvalue weighted by Crippen LogP contribution is -2.25.